The Kier molecular flexibility index (Phi) is 4.67. The maximum absolute atomic E-state index is 15.2. The van der Waals surface area contributed by atoms with Gasteiger partial charge in [0.15, 0.2) is 10.9 Å². The topological polar surface area (TPSA) is 34.1 Å². The Morgan fingerprint density at radius 3 is 0.523 bits per heavy atom. The van der Waals surface area contributed by atoms with E-state index in [9.17, 15) is 0 Å². The average Bonchev–Trinajstić information content (AvgIpc) is 2.97. The average molecular weight is 569 g/mol. The Balaban J connectivity index is 1.71. The molecule has 11 rings (SSSR count). The lowest BCUT2D eigenvalue weighted by atomic mass is 9.79. The van der Waals surface area contributed by atoms with Crippen LogP contribution in [0, 0.1) is 55.4 Å². The highest BCUT2D eigenvalue weighted by molar-refractivity contribution is 6.45. The molecule has 0 aromatic heterocycles. The van der Waals surface area contributed by atoms with E-state index in [1.807, 2.05) is 0 Å². The van der Waals surface area contributed by atoms with Gasteiger partial charge in [-0.1, -0.05) is 48.5 Å². The van der Waals surface area contributed by atoms with E-state index >= 15 is 9.59 Å². The highest BCUT2D eigenvalue weighted by atomic mass is 16.1. The summed E-state index contributed by atoms with van der Waals surface area (Å²) in [6.07, 6.45) is 0. The lowest BCUT2D eigenvalue weighted by Gasteiger charge is -2.22. The Labute approximate surface area is 254 Å². The van der Waals surface area contributed by atoms with E-state index in [0.717, 1.165) is 64.6 Å². The minimum Gasteiger partial charge on any atom is -0.289 e. The monoisotopic (exact) mass is 568 g/mol. The minimum absolute atomic E-state index is 0.0184. The van der Waals surface area contributed by atoms with Gasteiger partial charge in [0.25, 0.3) is 0 Å². The fraction of sp³-hybridized carbons (Fsp3) is 0.190. The zero-order valence-electron chi connectivity index (χ0n) is 26.4. The first-order chi connectivity index (χ1) is 21.0. The summed E-state index contributed by atoms with van der Waals surface area (Å²) in [6, 6.07) is 17.8. The zero-order chi connectivity index (χ0) is 30.7. The standard InChI is InChI=1S/C42H32O2/c1-17-9-25-26(10-18(17)2)34-28-12-20(4)19(3)11-27(28)33(25)37-38(34)42(44)40-36-31-15-23(7)21(5)13-29(31)35(39(40)41(37)43)30-14-22(6)24(8)16-32(30)36/h9-16H,1-8H3. The van der Waals surface area contributed by atoms with E-state index in [1.165, 1.54) is 44.5 Å². The summed E-state index contributed by atoms with van der Waals surface area (Å²) in [4.78, 5) is 30.5. The SMILES string of the molecule is Cc1cc2c(cc1C)c1c3cc(C)c(C)cc3c2c2c(=O)c3c(c(=O)c21)c1c2cc(C)c(C)cc2c3c2cc(C)c(C)cc21. The summed E-state index contributed by atoms with van der Waals surface area (Å²) in [5, 5.41) is 14.6. The van der Waals surface area contributed by atoms with Gasteiger partial charge in [-0.3, -0.25) is 9.59 Å². The second kappa shape index (κ2) is 8.01. The Morgan fingerprint density at radius 1 is 0.250 bits per heavy atom. The van der Waals surface area contributed by atoms with Gasteiger partial charge in [0.05, 0.1) is 0 Å². The van der Waals surface area contributed by atoms with Gasteiger partial charge in [0.1, 0.15) is 0 Å². The maximum Gasteiger partial charge on any atom is 0.195 e. The molecule has 2 heteroatoms. The predicted octanol–water partition coefficient (Wildman–Crippen LogP) is 10.4. The van der Waals surface area contributed by atoms with E-state index in [-0.39, 0.29) is 10.9 Å². The van der Waals surface area contributed by atoms with E-state index in [1.54, 1.807) is 0 Å². The van der Waals surface area contributed by atoms with Crippen LogP contribution in [0.2, 0.25) is 0 Å². The Morgan fingerprint density at radius 2 is 0.386 bits per heavy atom. The maximum atomic E-state index is 15.2. The van der Waals surface area contributed by atoms with Crippen molar-refractivity contribution >= 4 is 86.2 Å². The van der Waals surface area contributed by atoms with E-state index in [0.29, 0.717) is 21.5 Å². The van der Waals surface area contributed by atoms with Gasteiger partial charge in [-0.25, -0.2) is 0 Å². The third kappa shape index (κ3) is 2.83. The van der Waals surface area contributed by atoms with E-state index < -0.39 is 0 Å². The molecule has 0 aliphatic rings. The van der Waals surface area contributed by atoms with Gasteiger partial charge in [-0.15, -0.1) is 0 Å². The van der Waals surface area contributed by atoms with Crippen LogP contribution in [-0.4, -0.2) is 0 Å². The lowest BCUT2D eigenvalue weighted by molar-refractivity contribution is 1.36. The van der Waals surface area contributed by atoms with Crippen LogP contribution >= 0.6 is 0 Å². The third-order valence-corrected chi connectivity index (χ3v) is 11.1. The van der Waals surface area contributed by atoms with Crippen molar-refractivity contribution in [2.24, 2.45) is 0 Å². The first-order valence-electron chi connectivity index (χ1n) is 15.5. The summed E-state index contributed by atoms with van der Waals surface area (Å²) in [5.74, 6) is 0. The normalized spacial score (nSPS) is 12.7. The molecule has 0 unspecified atom stereocenters. The largest absolute Gasteiger partial charge is 0.289 e. The molecule has 0 heterocycles. The molecular weight excluding hydrogens is 536 g/mol. The van der Waals surface area contributed by atoms with Gasteiger partial charge >= 0.3 is 0 Å². The number of rotatable bonds is 0. The quantitative estimate of drug-likeness (QED) is 0.171. The summed E-state index contributed by atoms with van der Waals surface area (Å²) in [7, 11) is 0. The summed E-state index contributed by atoms with van der Waals surface area (Å²) < 4.78 is 0. The summed E-state index contributed by atoms with van der Waals surface area (Å²) in [6.45, 7) is 17.0. The van der Waals surface area contributed by atoms with Crippen molar-refractivity contribution in [2.45, 2.75) is 55.4 Å². The Hall–Kier alpha value is -4.82. The third-order valence-electron chi connectivity index (χ3n) is 11.1. The zero-order valence-corrected chi connectivity index (χ0v) is 26.4. The van der Waals surface area contributed by atoms with Crippen LogP contribution in [0.5, 0.6) is 0 Å². The second-order valence-corrected chi connectivity index (χ2v) is 13.6. The van der Waals surface area contributed by atoms with Crippen molar-refractivity contribution < 1.29 is 0 Å². The molecule has 0 aliphatic carbocycles. The molecule has 0 saturated heterocycles. The van der Waals surface area contributed by atoms with Gasteiger partial charge < -0.3 is 0 Å². The lowest BCUT2D eigenvalue weighted by Crippen LogP contribution is -2.17. The van der Waals surface area contributed by atoms with Crippen molar-refractivity contribution in [3.8, 4) is 0 Å². The highest BCUT2D eigenvalue weighted by Crippen LogP contribution is 2.48. The molecule has 0 atom stereocenters. The molecular formula is C42H32O2. The Bertz CT molecular complexity index is 2390. The predicted molar refractivity (Wildman–Crippen MR) is 190 cm³/mol. The molecule has 4 bridgehead atoms. The fourth-order valence-corrected chi connectivity index (χ4v) is 8.24. The molecule has 212 valence electrons. The molecule has 0 N–H and O–H groups in total. The van der Waals surface area contributed by atoms with Crippen molar-refractivity contribution in [1.82, 2.24) is 0 Å². The number of hydrogen-bond donors (Lipinski definition) is 0. The van der Waals surface area contributed by atoms with Gasteiger partial charge in [-0.2, -0.15) is 0 Å². The van der Waals surface area contributed by atoms with Crippen molar-refractivity contribution in [3.05, 3.63) is 113 Å². The molecule has 0 spiro atoms. The van der Waals surface area contributed by atoms with Crippen molar-refractivity contribution in [1.29, 1.82) is 0 Å². The van der Waals surface area contributed by atoms with E-state index in [4.69, 9.17) is 0 Å². The molecule has 44 heavy (non-hydrogen) atoms. The molecule has 0 fully saturated rings. The van der Waals surface area contributed by atoms with E-state index in [2.05, 4.69) is 104 Å². The molecule has 11 aromatic carbocycles. The fourth-order valence-electron chi connectivity index (χ4n) is 8.24. The van der Waals surface area contributed by atoms with Crippen LogP contribution in [0.4, 0.5) is 0 Å². The van der Waals surface area contributed by atoms with Crippen molar-refractivity contribution in [3.63, 3.8) is 0 Å². The molecule has 0 amide bonds. The molecule has 0 radical (unpaired) electrons. The summed E-state index contributed by atoms with van der Waals surface area (Å²) in [5.41, 5.74) is 9.46. The smallest absolute Gasteiger partial charge is 0.195 e. The van der Waals surface area contributed by atoms with Gasteiger partial charge in [-0.05, 0) is 143 Å². The van der Waals surface area contributed by atoms with Crippen LogP contribution in [0.25, 0.3) is 86.2 Å². The second-order valence-electron chi connectivity index (χ2n) is 13.6. The van der Waals surface area contributed by atoms with Crippen LogP contribution in [-0.2, 0) is 0 Å². The van der Waals surface area contributed by atoms with Crippen molar-refractivity contribution in [2.75, 3.05) is 0 Å². The molecule has 0 saturated carbocycles. The van der Waals surface area contributed by atoms with Crippen LogP contribution < -0.4 is 10.9 Å². The van der Waals surface area contributed by atoms with Crippen LogP contribution in [0.3, 0.4) is 0 Å². The van der Waals surface area contributed by atoms with Gasteiger partial charge in [0, 0.05) is 43.1 Å². The number of hydrogen-bond acceptors (Lipinski definition) is 2. The molecule has 2 nitrogen and oxygen atoms in total. The van der Waals surface area contributed by atoms with Crippen LogP contribution in [0.1, 0.15) is 44.5 Å². The van der Waals surface area contributed by atoms with Crippen LogP contribution in [0.15, 0.2) is 58.1 Å². The first-order valence-corrected chi connectivity index (χ1v) is 15.5. The number of aryl methyl sites for hydroxylation is 8. The number of benzene rings is 11. The molecule has 11 aromatic rings. The highest BCUT2D eigenvalue weighted by Gasteiger charge is 2.28. The van der Waals surface area contributed by atoms with Gasteiger partial charge in [0.2, 0.25) is 0 Å². The minimum atomic E-state index is -0.0184. The molecule has 0 aliphatic heterocycles. The summed E-state index contributed by atoms with van der Waals surface area (Å²) >= 11 is 0. The first kappa shape index (κ1) is 25.7.